The molecule has 0 aliphatic carbocycles. The van der Waals surface area contributed by atoms with Crippen LogP contribution < -0.4 is 0 Å². The van der Waals surface area contributed by atoms with Gasteiger partial charge in [-0.15, -0.1) is 0 Å². The zero-order valence-electron chi connectivity index (χ0n) is 17.8. The van der Waals surface area contributed by atoms with Crippen molar-refractivity contribution >= 4 is 17.6 Å². The zero-order chi connectivity index (χ0) is 22.1. The van der Waals surface area contributed by atoms with Crippen molar-refractivity contribution in [1.29, 1.82) is 0 Å². The van der Waals surface area contributed by atoms with Crippen molar-refractivity contribution in [3.05, 3.63) is 82.1 Å². The van der Waals surface area contributed by atoms with E-state index in [0.29, 0.717) is 16.4 Å². The number of halogens is 1. The topological polar surface area (TPSA) is 67.9 Å². The fourth-order valence-electron chi connectivity index (χ4n) is 4.00. The molecule has 0 radical (unpaired) electrons. The van der Waals surface area contributed by atoms with Crippen molar-refractivity contribution in [3.63, 3.8) is 0 Å². The molecule has 31 heavy (non-hydrogen) atoms. The second-order valence-corrected chi connectivity index (χ2v) is 7.87. The minimum atomic E-state index is -0.352. The van der Waals surface area contributed by atoms with Gasteiger partial charge in [0.05, 0.1) is 24.1 Å². The molecule has 156 valence electrons. The number of ether oxygens (including phenoxy) is 1. The maximum absolute atomic E-state index is 12.4. The highest BCUT2D eigenvalue weighted by atomic mass is 35.5. The van der Waals surface area contributed by atoms with E-state index in [-0.39, 0.29) is 5.97 Å². The Morgan fingerprint density at radius 3 is 2.29 bits per heavy atom. The lowest BCUT2D eigenvalue weighted by molar-refractivity contribution is 0.0599. The maximum Gasteiger partial charge on any atom is 0.338 e. The molecule has 2 aromatic heterocycles. The largest absolute Gasteiger partial charge is 0.465 e. The van der Waals surface area contributed by atoms with Gasteiger partial charge in [-0.3, -0.25) is 4.98 Å². The molecule has 5 nitrogen and oxygen atoms in total. The van der Waals surface area contributed by atoms with Crippen LogP contribution in [0.4, 0.5) is 0 Å². The van der Waals surface area contributed by atoms with E-state index < -0.39 is 0 Å². The fourth-order valence-corrected chi connectivity index (χ4v) is 4.13. The van der Waals surface area contributed by atoms with E-state index in [0.717, 1.165) is 44.8 Å². The number of aromatic nitrogens is 3. The molecule has 0 saturated heterocycles. The molecule has 1 N–H and O–H groups in total. The molecule has 0 bridgehead atoms. The molecule has 0 aliphatic heterocycles. The summed E-state index contributed by atoms with van der Waals surface area (Å²) >= 11 is 6.09. The minimum Gasteiger partial charge on any atom is -0.465 e. The first kappa shape index (κ1) is 20.8. The van der Waals surface area contributed by atoms with Gasteiger partial charge in [0.2, 0.25) is 0 Å². The smallest absolute Gasteiger partial charge is 0.338 e. The number of benzene rings is 2. The number of nitrogens with zero attached hydrogens (tertiary/aromatic N) is 2. The van der Waals surface area contributed by atoms with Gasteiger partial charge >= 0.3 is 5.97 Å². The zero-order valence-corrected chi connectivity index (χ0v) is 18.5. The molecule has 0 atom stereocenters. The Kier molecular flexibility index (Phi) is 5.61. The standard InChI is InChI=1S/C25H22ClN3O2/c1-14-13-15(2)21(25(30)31-4)16(3)20(14)24-28-22(17-5-7-19(26)8-6-17)23(29-24)18-9-11-27-12-10-18/h5-13H,1-4H3,(H,28,29). The van der Waals surface area contributed by atoms with Gasteiger partial charge in [0.1, 0.15) is 5.82 Å². The molecular weight excluding hydrogens is 410 g/mol. The number of rotatable bonds is 4. The first-order valence-electron chi connectivity index (χ1n) is 9.86. The molecule has 0 spiro atoms. The van der Waals surface area contributed by atoms with Crippen molar-refractivity contribution in [2.75, 3.05) is 7.11 Å². The lowest BCUT2D eigenvalue weighted by Gasteiger charge is -2.14. The van der Waals surface area contributed by atoms with Crippen LogP contribution in [0.1, 0.15) is 27.0 Å². The number of methoxy groups -OCH3 is 1. The number of H-pyrrole nitrogens is 1. The average molecular weight is 432 g/mol. The second-order valence-electron chi connectivity index (χ2n) is 7.43. The highest BCUT2D eigenvalue weighted by molar-refractivity contribution is 6.30. The summed E-state index contributed by atoms with van der Waals surface area (Å²) in [6.07, 6.45) is 3.50. The number of aryl methyl sites for hydroxylation is 2. The van der Waals surface area contributed by atoms with Crippen LogP contribution in [0.3, 0.4) is 0 Å². The van der Waals surface area contributed by atoms with Gasteiger partial charge in [-0.2, -0.15) is 0 Å². The molecule has 2 heterocycles. The quantitative estimate of drug-likeness (QED) is 0.392. The number of nitrogens with one attached hydrogen (secondary N) is 1. The van der Waals surface area contributed by atoms with Crippen molar-refractivity contribution in [1.82, 2.24) is 15.0 Å². The third-order valence-electron chi connectivity index (χ3n) is 5.39. The predicted molar refractivity (Wildman–Crippen MR) is 123 cm³/mol. The number of carbonyl (C=O) groups is 1. The highest BCUT2D eigenvalue weighted by Crippen LogP contribution is 2.36. The number of hydrogen-bond acceptors (Lipinski definition) is 4. The van der Waals surface area contributed by atoms with Crippen LogP contribution >= 0.6 is 11.6 Å². The molecule has 0 amide bonds. The summed E-state index contributed by atoms with van der Waals surface area (Å²) in [4.78, 5) is 25.0. The normalized spacial score (nSPS) is 10.9. The number of pyridine rings is 1. The molecule has 0 saturated carbocycles. The lowest BCUT2D eigenvalue weighted by Crippen LogP contribution is -2.09. The molecule has 2 aromatic carbocycles. The van der Waals surface area contributed by atoms with Crippen molar-refractivity contribution in [3.8, 4) is 33.9 Å². The summed E-state index contributed by atoms with van der Waals surface area (Å²) in [5.41, 5.74) is 7.78. The molecule has 0 aliphatic rings. The van der Waals surface area contributed by atoms with Gasteiger partial charge in [-0.1, -0.05) is 29.8 Å². The summed E-state index contributed by atoms with van der Waals surface area (Å²) < 4.78 is 5.02. The average Bonchev–Trinajstić information content (AvgIpc) is 3.19. The Labute approximate surface area is 186 Å². The Morgan fingerprint density at radius 1 is 0.968 bits per heavy atom. The van der Waals surface area contributed by atoms with Crippen LogP contribution in [0.5, 0.6) is 0 Å². The van der Waals surface area contributed by atoms with E-state index in [1.54, 1.807) is 12.4 Å². The van der Waals surface area contributed by atoms with Crippen molar-refractivity contribution < 1.29 is 9.53 Å². The van der Waals surface area contributed by atoms with E-state index >= 15 is 0 Å². The van der Waals surface area contributed by atoms with Crippen LogP contribution in [-0.2, 0) is 4.74 Å². The van der Waals surface area contributed by atoms with E-state index in [1.165, 1.54) is 7.11 Å². The van der Waals surface area contributed by atoms with Crippen LogP contribution in [0.25, 0.3) is 33.9 Å². The molecular formula is C25H22ClN3O2. The number of hydrogen-bond donors (Lipinski definition) is 1. The van der Waals surface area contributed by atoms with Crippen molar-refractivity contribution in [2.45, 2.75) is 20.8 Å². The van der Waals surface area contributed by atoms with Gasteiger partial charge in [0.25, 0.3) is 0 Å². The Morgan fingerprint density at radius 2 is 1.65 bits per heavy atom. The van der Waals surface area contributed by atoms with Crippen molar-refractivity contribution in [2.24, 2.45) is 0 Å². The number of imidazole rings is 1. The predicted octanol–water partition coefficient (Wildman–Crippen LogP) is 6.17. The Bertz CT molecular complexity index is 1260. The molecule has 0 fully saturated rings. The maximum atomic E-state index is 12.4. The van der Waals surface area contributed by atoms with Crippen LogP contribution in [-0.4, -0.2) is 28.0 Å². The first-order chi connectivity index (χ1) is 14.9. The fraction of sp³-hybridized carbons (Fsp3) is 0.160. The minimum absolute atomic E-state index is 0.352. The summed E-state index contributed by atoms with van der Waals surface area (Å²) in [6, 6.07) is 13.4. The Balaban J connectivity index is 1.97. The summed E-state index contributed by atoms with van der Waals surface area (Å²) in [5, 5.41) is 0.665. The summed E-state index contributed by atoms with van der Waals surface area (Å²) in [5.74, 6) is 0.340. The number of esters is 1. The number of aromatic amines is 1. The van der Waals surface area contributed by atoms with Gasteiger partial charge in [0.15, 0.2) is 0 Å². The molecule has 4 rings (SSSR count). The van der Waals surface area contributed by atoms with Crippen LogP contribution in [0.15, 0.2) is 54.9 Å². The third-order valence-corrected chi connectivity index (χ3v) is 5.64. The Hall–Kier alpha value is -3.44. The molecule has 6 heteroatoms. The highest BCUT2D eigenvalue weighted by Gasteiger charge is 2.22. The monoisotopic (exact) mass is 431 g/mol. The number of carbonyl (C=O) groups excluding carboxylic acids is 1. The van der Waals surface area contributed by atoms with Gasteiger partial charge in [-0.05, 0) is 61.7 Å². The van der Waals surface area contributed by atoms with Gasteiger partial charge < -0.3 is 9.72 Å². The SMILES string of the molecule is COC(=O)c1c(C)cc(C)c(-c2nc(-c3ccc(Cl)cc3)c(-c3ccncc3)[nH]2)c1C. The van der Waals surface area contributed by atoms with E-state index in [9.17, 15) is 4.79 Å². The first-order valence-corrected chi connectivity index (χ1v) is 10.2. The van der Waals surface area contributed by atoms with E-state index in [1.807, 2.05) is 63.2 Å². The van der Waals surface area contributed by atoms with E-state index in [2.05, 4.69) is 9.97 Å². The van der Waals surface area contributed by atoms with Crippen LogP contribution in [0.2, 0.25) is 5.02 Å². The van der Waals surface area contributed by atoms with Gasteiger partial charge in [-0.25, -0.2) is 9.78 Å². The third kappa shape index (κ3) is 3.84. The lowest BCUT2D eigenvalue weighted by atomic mass is 9.93. The molecule has 4 aromatic rings. The van der Waals surface area contributed by atoms with E-state index in [4.69, 9.17) is 21.3 Å². The van der Waals surface area contributed by atoms with Crippen LogP contribution in [0, 0.1) is 20.8 Å². The van der Waals surface area contributed by atoms with Gasteiger partial charge in [0, 0.05) is 34.1 Å². The summed E-state index contributed by atoms with van der Waals surface area (Å²) in [7, 11) is 1.40. The summed E-state index contributed by atoms with van der Waals surface area (Å²) in [6.45, 7) is 5.87. The molecule has 0 unspecified atom stereocenters. The second kappa shape index (κ2) is 8.36.